The van der Waals surface area contributed by atoms with Crippen molar-refractivity contribution in [1.82, 2.24) is 9.97 Å². The van der Waals surface area contributed by atoms with E-state index in [0.29, 0.717) is 0 Å². The maximum Gasteiger partial charge on any atom is 0.101 e. The van der Waals surface area contributed by atoms with Gasteiger partial charge in [0.05, 0.1) is 10.6 Å². The number of pyridine rings is 2. The van der Waals surface area contributed by atoms with E-state index in [2.05, 4.69) is 94.8 Å². The predicted octanol–water partition coefficient (Wildman–Crippen LogP) is 7.17. The van der Waals surface area contributed by atoms with Gasteiger partial charge in [-0.1, -0.05) is 18.2 Å². The molecule has 0 unspecified atom stereocenters. The van der Waals surface area contributed by atoms with Gasteiger partial charge in [0.1, 0.15) is 3.70 Å². The monoisotopic (exact) mass is 572 g/mol. The van der Waals surface area contributed by atoms with E-state index in [-0.39, 0.29) is 0 Å². The lowest BCUT2D eigenvalue weighted by molar-refractivity contribution is 1.26. The molecule has 0 atom stereocenters. The van der Waals surface area contributed by atoms with Crippen LogP contribution in [0.4, 0.5) is 0 Å². The van der Waals surface area contributed by atoms with E-state index in [1.165, 1.54) is 15.0 Å². The second kappa shape index (κ2) is 8.51. The van der Waals surface area contributed by atoms with Crippen LogP contribution in [0.2, 0.25) is 0 Å². The Hall–Kier alpha value is -0.830. The summed E-state index contributed by atoms with van der Waals surface area (Å²) in [6, 6.07) is 18.6. The van der Waals surface area contributed by atoms with Crippen molar-refractivity contribution in [3.63, 3.8) is 0 Å². The zero-order chi connectivity index (χ0) is 16.9. The summed E-state index contributed by atoms with van der Waals surface area (Å²) in [4.78, 5) is 9.64. The molecule has 3 aromatic heterocycles. The Balaban J connectivity index is 0.000000179. The van der Waals surface area contributed by atoms with Crippen LogP contribution in [0, 0.1) is 3.70 Å². The quantitative estimate of drug-likeness (QED) is 0.178. The molecule has 0 radical (unpaired) electrons. The van der Waals surface area contributed by atoms with Crippen LogP contribution in [0.3, 0.4) is 0 Å². The SMILES string of the molecule is Brc1ccc(-c2cc3ccccc3s2)nc1.Brc1ccc(I)nc1. The molecule has 0 bridgehead atoms. The zero-order valence-corrected chi connectivity index (χ0v) is 18.4. The summed E-state index contributed by atoms with van der Waals surface area (Å²) in [6.07, 6.45) is 3.61. The fraction of sp³-hybridized carbons (Fsp3) is 0. The fourth-order valence-electron chi connectivity index (χ4n) is 1.99. The molecule has 0 aliphatic heterocycles. The second-order valence-electron chi connectivity index (χ2n) is 4.81. The van der Waals surface area contributed by atoms with Crippen molar-refractivity contribution < 1.29 is 0 Å². The molecular weight excluding hydrogens is 563 g/mol. The molecule has 2 nitrogen and oxygen atoms in total. The highest BCUT2D eigenvalue weighted by Crippen LogP contribution is 2.32. The van der Waals surface area contributed by atoms with Gasteiger partial charge in [0, 0.05) is 26.0 Å². The molecule has 24 heavy (non-hydrogen) atoms. The minimum atomic E-state index is 1.01. The van der Waals surface area contributed by atoms with Crippen molar-refractivity contribution in [2.45, 2.75) is 0 Å². The van der Waals surface area contributed by atoms with Crippen LogP contribution in [-0.4, -0.2) is 9.97 Å². The Kier molecular flexibility index (Phi) is 6.37. The molecule has 4 rings (SSSR count). The molecule has 6 heteroatoms. The molecule has 0 amide bonds. The smallest absolute Gasteiger partial charge is 0.101 e. The lowest BCUT2D eigenvalue weighted by Gasteiger charge is -1.95. The largest absolute Gasteiger partial charge is 0.254 e. The zero-order valence-electron chi connectivity index (χ0n) is 12.3. The summed E-state index contributed by atoms with van der Waals surface area (Å²) >= 11 is 10.6. The number of fused-ring (bicyclic) bond motifs is 1. The number of benzene rings is 1. The van der Waals surface area contributed by atoms with Crippen LogP contribution < -0.4 is 0 Å². The molecule has 0 spiro atoms. The second-order valence-corrected chi connectivity index (χ2v) is 8.83. The summed E-state index contributed by atoms with van der Waals surface area (Å²) in [5.74, 6) is 0. The topological polar surface area (TPSA) is 25.8 Å². The number of thiophene rings is 1. The van der Waals surface area contributed by atoms with Gasteiger partial charge in [-0.25, -0.2) is 4.98 Å². The average Bonchev–Trinajstić information content (AvgIpc) is 3.03. The maximum absolute atomic E-state index is 4.41. The summed E-state index contributed by atoms with van der Waals surface area (Å²) in [6.45, 7) is 0. The van der Waals surface area contributed by atoms with E-state index in [4.69, 9.17) is 0 Å². The third-order valence-electron chi connectivity index (χ3n) is 3.10. The average molecular weight is 574 g/mol. The lowest BCUT2D eigenvalue weighted by Crippen LogP contribution is -1.77. The first-order chi connectivity index (χ1) is 11.6. The van der Waals surface area contributed by atoms with Gasteiger partial charge in [-0.3, -0.25) is 4.98 Å². The number of nitrogens with zero attached hydrogens (tertiary/aromatic N) is 2. The normalized spacial score (nSPS) is 10.3. The first-order valence-electron chi connectivity index (χ1n) is 6.99. The molecule has 0 aliphatic carbocycles. The van der Waals surface area contributed by atoms with Crippen molar-refractivity contribution in [3.05, 3.63) is 79.6 Å². The van der Waals surface area contributed by atoms with Gasteiger partial charge < -0.3 is 0 Å². The van der Waals surface area contributed by atoms with Crippen molar-refractivity contribution in [2.24, 2.45) is 0 Å². The molecule has 3 heterocycles. The van der Waals surface area contributed by atoms with Gasteiger partial charge in [0.15, 0.2) is 0 Å². The molecule has 0 saturated carbocycles. The highest BCUT2D eigenvalue weighted by molar-refractivity contribution is 14.1. The van der Waals surface area contributed by atoms with Gasteiger partial charge in [0.25, 0.3) is 0 Å². The molecule has 4 aromatic rings. The number of halogens is 3. The standard InChI is InChI=1S/C13H8BrNS.C5H3BrIN/c14-10-5-6-11(15-8-10)13-7-9-3-1-2-4-12(9)16-13;6-4-1-2-5(7)8-3-4/h1-8H;1-3H. The van der Waals surface area contributed by atoms with Crippen LogP contribution in [-0.2, 0) is 0 Å². The Morgan fingerprint density at radius 2 is 1.54 bits per heavy atom. The van der Waals surface area contributed by atoms with Crippen molar-refractivity contribution in [1.29, 1.82) is 0 Å². The van der Waals surface area contributed by atoms with Gasteiger partial charge in [0.2, 0.25) is 0 Å². The van der Waals surface area contributed by atoms with Crippen molar-refractivity contribution in [3.8, 4) is 10.6 Å². The van der Waals surface area contributed by atoms with Crippen LogP contribution in [0.25, 0.3) is 20.7 Å². The van der Waals surface area contributed by atoms with Crippen LogP contribution in [0.15, 0.2) is 75.9 Å². The summed E-state index contributed by atoms with van der Waals surface area (Å²) in [5.41, 5.74) is 1.03. The Morgan fingerprint density at radius 1 is 0.833 bits per heavy atom. The van der Waals surface area contributed by atoms with E-state index >= 15 is 0 Å². The van der Waals surface area contributed by atoms with Crippen LogP contribution >= 0.6 is 65.8 Å². The van der Waals surface area contributed by atoms with Gasteiger partial charge in [-0.15, -0.1) is 11.3 Å². The van der Waals surface area contributed by atoms with E-state index < -0.39 is 0 Å². The summed E-state index contributed by atoms with van der Waals surface area (Å²) < 4.78 is 4.36. The van der Waals surface area contributed by atoms with Gasteiger partial charge in [-0.05, 0) is 96.2 Å². The molecule has 0 saturated heterocycles. The number of hydrogen-bond donors (Lipinski definition) is 0. The summed E-state index contributed by atoms with van der Waals surface area (Å²) in [7, 11) is 0. The minimum Gasteiger partial charge on any atom is -0.254 e. The molecule has 0 aliphatic rings. The summed E-state index contributed by atoms with van der Waals surface area (Å²) in [5, 5.41) is 1.28. The maximum atomic E-state index is 4.41. The third kappa shape index (κ3) is 4.84. The molecule has 120 valence electrons. The highest BCUT2D eigenvalue weighted by atomic mass is 127. The van der Waals surface area contributed by atoms with E-state index in [1.807, 2.05) is 30.5 Å². The van der Waals surface area contributed by atoms with Crippen molar-refractivity contribution >= 4 is 75.9 Å². The number of rotatable bonds is 1. The first-order valence-corrected chi connectivity index (χ1v) is 10.5. The molecule has 0 N–H and O–H groups in total. The van der Waals surface area contributed by atoms with Crippen molar-refractivity contribution in [2.75, 3.05) is 0 Å². The Bertz CT molecular complexity index is 883. The van der Waals surface area contributed by atoms with Crippen LogP contribution in [0.5, 0.6) is 0 Å². The van der Waals surface area contributed by atoms with Gasteiger partial charge in [-0.2, -0.15) is 0 Å². The van der Waals surface area contributed by atoms with Crippen LogP contribution in [0.1, 0.15) is 0 Å². The predicted molar refractivity (Wildman–Crippen MR) is 117 cm³/mol. The molecule has 1 aromatic carbocycles. The molecule has 0 fully saturated rings. The first kappa shape index (κ1) is 18.0. The molecular formula is C18H11Br2IN2S. The van der Waals surface area contributed by atoms with E-state index in [0.717, 1.165) is 18.3 Å². The Labute approximate surface area is 174 Å². The number of hydrogen-bond acceptors (Lipinski definition) is 3. The highest BCUT2D eigenvalue weighted by Gasteiger charge is 2.04. The van der Waals surface area contributed by atoms with E-state index in [1.54, 1.807) is 17.5 Å². The fourth-order valence-corrected chi connectivity index (χ4v) is 3.82. The lowest BCUT2D eigenvalue weighted by atomic mass is 10.2. The van der Waals surface area contributed by atoms with E-state index in [9.17, 15) is 0 Å². The van der Waals surface area contributed by atoms with Gasteiger partial charge >= 0.3 is 0 Å². The number of aromatic nitrogens is 2. The Morgan fingerprint density at radius 3 is 2.12 bits per heavy atom. The third-order valence-corrected chi connectivity index (χ3v) is 5.81. The minimum absolute atomic E-state index is 1.01.